The van der Waals surface area contributed by atoms with Crippen LogP contribution in [0.2, 0.25) is 5.02 Å². The monoisotopic (exact) mass is 739 g/mol. The number of nitrogens with zero attached hydrogens (tertiary/aromatic N) is 2. The third-order valence-electron chi connectivity index (χ3n) is 10.6. The predicted octanol–water partition coefficient (Wildman–Crippen LogP) is 4.19. The number of para-hydroxylation sites is 1. The number of allylic oxidation sites excluding steroid dienone is 1. The molecule has 11 nitrogen and oxygen atoms in total. The van der Waals surface area contributed by atoms with Crippen LogP contribution in [0.25, 0.3) is 0 Å². The number of ether oxygens (including phenoxy) is 3. The average Bonchev–Trinajstić information content (AvgIpc) is 3.82. The molecular formula is C41H42ClN3O8. The van der Waals surface area contributed by atoms with Gasteiger partial charge in [0, 0.05) is 20.1 Å². The summed E-state index contributed by atoms with van der Waals surface area (Å²) in [6.07, 6.45) is 5.93. The lowest BCUT2D eigenvalue weighted by molar-refractivity contribution is -0.162. The van der Waals surface area contributed by atoms with Crippen LogP contribution >= 0.6 is 11.6 Å². The number of hydrogen-bond acceptors (Lipinski definition) is 8. The van der Waals surface area contributed by atoms with Gasteiger partial charge in [0.1, 0.15) is 23.7 Å². The topological polar surface area (TPSA) is 135 Å². The van der Waals surface area contributed by atoms with Crippen molar-refractivity contribution in [1.82, 2.24) is 10.2 Å². The maximum atomic E-state index is 15.2. The number of aliphatic hydroxyl groups is 1. The molecule has 4 aliphatic heterocycles. The lowest BCUT2D eigenvalue weighted by Crippen LogP contribution is -2.59. The molecule has 4 aliphatic rings. The van der Waals surface area contributed by atoms with E-state index in [1.165, 1.54) is 16.9 Å². The SMILES string of the molecule is COC[C@H]1NC(=O)CC/C=C\CN(c2ccccc2Cl)C(=O)[C@@H]2N([C@@H](CO)Cc3ccccc3)C(=O)[C@H]3[C@H](C(=O)O[C@@H]1c1ccccc1)[C@@H]1C=C[C@]23O1. The Morgan fingerprint density at radius 3 is 2.40 bits per heavy atom. The zero-order valence-corrected chi connectivity index (χ0v) is 30.0. The van der Waals surface area contributed by atoms with Gasteiger partial charge in [0.25, 0.3) is 5.91 Å². The molecule has 0 radical (unpaired) electrons. The first-order valence-corrected chi connectivity index (χ1v) is 18.2. The van der Waals surface area contributed by atoms with Crippen molar-refractivity contribution < 1.29 is 38.5 Å². The van der Waals surface area contributed by atoms with Crippen LogP contribution in [0, 0.1) is 11.8 Å². The fraction of sp³-hybridized carbons (Fsp3) is 0.366. The van der Waals surface area contributed by atoms with Crippen LogP contribution in [0.5, 0.6) is 0 Å². The summed E-state index contributed by atoms with van der Waals surface area (Å²) in [6.45, 7) is -0.344. The summed E-state index contributed by atoms with van der Waals surface area (Å²) in [5, 5.41) is 14.2. The molecule has 7 rings (SSSR count). The number of anilines is 1. The fourth-order valence-electron chi connectivity index (χ4n) is 8.22. The summed E-state index contributed by atoms with van der Waals surface area (Å²) in [7, 11) is 1.50. The van der Waals surface area contributed by atoms with E-state index in [1.54, 1.807) is 54.6 Å². The molecule has 2 saturated heterocycles. The molecule has 2 N–H and O–H groups in total. The van der Waals surface area contributed by atoms with Gasteiger partial charge >= 0.3 is 5.97 Å². The summed E-state index contributed by atoms with van der Waals surface area (Å²) in [6, 6.07) is 22.5. The quantitative estimate of drug-likeness (QED) is 0.260. The van der Waals surface area contributed by atoms with Gasteiger partial charge in [-0.05, 0) is 36.1 Å². The molecule has 3 amide bonds. The Morgan fingerprint density at radius 1 is 0.962 bits per heavy atom. The highest BCUT2D eigenvalue weighted by Gasteiger charge is 2.74. The van der Waals surface area contributed by atoms with Crippen molar-refractivity contribution in [3.05, 3.63) is 125 Å². The molecule has 12 heteroatoms. The highest BCUT2D eigenvalue weighted by molar-refractivity contribution is 6.34. The van der Waals surface area contributed by atoms with Gasteiger partial charge in [0.2, 0.25) is 11.8 Å². The largest absolute Gasteiger partial charge is 0.455 e. The second-order valence-corrected chi connectivity index (χ2v) is 14.2. The molecule has 0 aliphatic carbocycles. The van der Waals surface area contributed by atoms with Crippen molar-refractivity contribution in [2.75, 3.05) is 31.8 Å². The normalized spacial score (nSPS) is 29.9. The zero-order chi connectivity index (χ0) is 37.1. The zero-order valence-electron chi connectivity index (χ0n) is 29.3. The Balaban J connectivity index is 1.36. The Hall–Kier alpha value is -4.81. The van der Waals surface area contributed by atoms with Crippen molar-refractivity contribution in [1.29, 1.82) is 0 Å². The minimum absolute atomic E-state index is 0.0417. The van der Waals surface area contributed by atoms with Gasteiger partial charge in [-0.2, -0.15) is 0 Å². The van der Waals surface area contributed by atoms with Crippen LogP contribution in [-0.4, -0.2) is 90.4 Å². The van der Waals surface area contributed by atoms with Gasteiger partial charge in [-0.25, -0.2) is 0 Å². The van der Waals surface area contributed by atoms with Crippen LogP contribution < -0.4 is 10.2 Å². The Morgan fingerprint density at radius 2 is 1.68 bits per heavy atom. The number of methoxy groups -OCH3 is 1. The first-order chi connectivity index (χ1) is 25.8. The number of rotatable bonds is 8. The molecule has 0 unspecified atom stereocenters. The Bertz CT molecular complexity index is 1890. The van der Waals surface area contributed by atoms with Gasteiger partial charge in [-0.1, -0.05) is 109 Å². The van der Waals surface area contributed by atoms with E-state index < -0.39 is 72.2 Å². The molecule has 0 saturated carbocycles. The molecule has 4 heterocycles. The molecule has 0 aromatic heterocycles. The maximum Gasteiger partial charge on any atom is 0.313 e. The average molecular weight is 740 g/mol. The van der Waals surface area contributed by atoms with Gasteiger partial charge < -0.3 is 34.4 Å². The number of aliphatic hydroxyl groups excluding tert-OH is 1. The third-order valence-corrected chi connectivity index (χ3v) is 10.9. The van der Waals surface area contributed by atoms with E-state index >= 15 is 4.79 Å². The van der Waals surface area contributed by atoms with Crippen molar-refractivity contribution >= 4 is 41.0 Å². The molecule has 8 atom stereocenters. The number of hydrogen-bond donors (Lipinski definition) is 2. The second kappa shape index (κ2) is 15.7. The lowest BCUT2D eigenvalue weighted by Gasteiger charge is -2.39. The molecule has 3 aromatic rings. The smallest absolute Gasteiger partial charge is 0.313 e. The van der Waals surface area contributed by atoms with Gasteiger partial charge in [-0.15, -0.1) is 0 Å². The molecule has 53 heavy (non-hydrogen) atoms. The first-order valence-electron chi connectivity index (χ1n) is 17.9. The summed E-state index contributed by atoms with van der Waals surface area (Å²) >= 11 is 6.71. The number of fused-ring (bicyclic) bond motifs is 2. The van der Waals surface area contributed by atoms with E-state index in [9.17, 15) is 19.5 Å². The molecular weight excluding hydrogens is 698 g/mol. The number of halogens is 1. The summed E-state index contributed by atoms with van der Waals surface area (Å²) in [4.78, 5) is 61.0. The minimum Gasteiger partial charge on any atom is -0.455 e. The van der Waals surface area contributed by atoms with E-state index in [4.69, 9.17) is 25.8 Å². The molecule has 2 fully saturated rings. The van der Waals surface area contributed by atoms with E-state index in [0.717, 1.165) is 5.56 Å². The van der Waals surface area contributed by atoms with E-state index in [1.807, 2.05) is 54.6 Å². The van der Waals surface area contributed by atoms with Crippen LogP contribution in [0.15, 0.2) is 109 Å². The number of amides is 3. The first kappa shape index (κ1) is 36.5. The van der Waals surface area contributed by atoms with E-state index in [2.05, 4.69) is 5.32 Å². The minimum atomic E-state index is -1.55. The Labute approximate surface area is 313 Å². The summed E-state index contributed by atoms with van der Waals surface area (Å²) < 4.78 is 18.4. The number of cyclic esters (lactones) is 1. The van der Waals surface area contributed by atoms with Crippen molar-refractivity contribution in [2.24, 2.45) is 11.8 Å². The maximum absolute atomic E-state index is 15.2. The van der Waals surface area contributed by atoms with Crippen molar-refractivity contribution in [2.45, 2.75) is 55.2 Å². The van der Waals surface area contributed by atoms with Crippen LogP contribution in [0.3, 0.4) is 0 Å². The van der Waals surface area contributed by atoms with Gasteiger partial charge in [-0.3, -0.25) is 19.2 Å². The highest BCUT2D eigenvalue weighted by Crippen LogP contribution is 2.56. The molecule has 3 aromatic carbocycles. The summed E-state index contributed by atoms with van der Waals surface area (Å²) in [5.41, 5.74) is 0.345. The highest BCUT2D eigenvalue weighted by atomic mass is 35.5. The predicted molar refractivity (Wildman–Crippen MR) is 197 cm³/mol. The lowest BCUT2D eigenvalue weighted by atomic mass is 9.74. The third kappa shape index (κ3) is 6.90. The standard InChI is InChI=1S/C41H42ClN3O8/c1-51-25-30-36(27-15-7-3-8-16-27)52-40(50)34-32-20-21-41(53-32)35(34)38(48)45(28(24-46)23-26-13-5-2-6-14-26)37(41)39(49)44(31-18-11-10-17-29(31)42)22-12-4-9-19-33(47)43-30/h2-8,10-18,20-21,28,30,32,34-37,46H,9,19,22-25H2,1H3,(H,43,47)/b12-4-/t28-,30-,32+,34-,35-,36-,37+,41-/m1/s1. The van der Waals surface area contributed by atoms with Crippen molar-refractivity contribution in [3.8, 4) is 0 Å². The number of esters is 1. The van der Waals surface area contributed by atoms with E-state index in [0.29, 0.717) is 22.7 Å². The number of benzene rings is 3. The molecule has 1 spiro atoms. The van der Waals surface area contributed by atoms with Crippen LogP contribution in [0.1, 0.15) is 30.1 Å². The molecule has 276 valence electrons. The number of nitrogens with one attached hydrogen (secondary N) is 1. The van der Waals surface area contributed by atoms with Gasteiger partial charge in [0.05, 0.1) is 48.0 Å². The fourth-order valence-corrected chi connectivity index (χ4v) is 8.45. The second-order valence-electron chi connectivity index (χ2n) is 13.8. The Kier molecular flexibility index (Phi) is 10.8. The number of likely N-dealkylation sites (tertiary alicyclic amines) is 1. The number of carbonyl (C=O) groups excluding carboxylic acids is 4. The van der Waals surface area contributed by atoms with Crippen LogP contribution in [-0.2, 0) is 39.8 Å². The summed E-state index contributed by atoms with van der Waals surface area (Å²) in [5.74, 6) is -4.25. The van der Waals surface area contributed by atoms with Crippen LogP contribution in [0.4, 0.5) is 5.69 Å². The number of carbonyl (C=O) groups is 4. The molecule has 5 bridgehead atoms. The van der Waals surface area contributed by atoms with Gasteiger partial charge in [0.15, 0.2) is 0 Å². The van der Waals surface area contributed by atoms with Crippen molar-refractivity contribution in [3.63, 3.8) is 0 Å². The van der Waals surface area contributed by atoms with E-state index in [-0.39, 0.29) is 31.9 Å².